The lowest BCUT2D eigenvalue weighted by Crippen LogP contribution is -2.26. The molecular formula is C23H23BrF2N4O2. The monoisotopic (exact) mass is 504 g/mol. The summed E-state index contributed by atoms with van der Waals surface area (Å²) in [6, 6.07) is 10.7. The highest BCUT2D eigenvalue weighted by Gasteiger charge is 2.22. The quantitative estimate of drug-likeness (QED) is 0.508. The first-order chi connectivity index (χ1) is 15.4. The smallest absolute Gasteiger partial charge is 0.255 e. The average Bonchev–Trinajstić information content (AvgIpc) is 3.33. The molecule has 1 saturated heterocycles. The molecule has 0 aliphatic carbocycles. The van der Waals surface area contributed by atoms with Gasteiger partial charge in [-0.25, -0.2) is 8.78 Å². The van der Waals surface area contributed by atoms with Gasteiger partial charge >= 0.3 is 0 Å². The van der Waals surface area contributed by atoms with Gasteiger partial charge in [-0.2, -0.15) is 5.10 Å². The molecule has 0 bridgehead atoms. The number of hydrogen-bond acceptors (Lipinski definition) is 4. The van der Waals surface area contributed by atoms with Gasteiger partial charge in [0.05, 0.1) is 16.4 Å². The van der Waals surface area contributed by atoms with Gasteiger partial charge in [0.15, 0.2) is 0 Å². The summed E-state index contributed by atoms with van der Waals surface area (Å²) < 4.78 is 35.1. The highest BCUT2D eigenvalue weighted by molar-refractivity contribution is 9.10. The zero-order valence-electron chi connectivity index (χ0n) is 17.5. The summed E-state index contributed by atoms with van der Waals surface area (Å²) in [5, 5.41) is 7.11. The van der Waals surface area contributed by atoms with Crippen LogP contribution in [0.3, 0.4) is 0 Å². The maximum absolute atomic E-state index is 13.4. The number of hydrogen-bond donors (Lipinski definition) is 1. The number of rotatable bonds is 7. The van der Waals surface area contributed by atoms with Crippen LogP contribution in [-0.4, -0.2) is 53.0 Å². The van der Waals surface area contributed by atoms with Crippen molar-refractivity contribution in [2.45, 2.75) is 12.6 Å². The van der Waals surface area contributed by atoms with Crippen LogP contribution in [0.5, 0.6) is 5.75 Å². The number of aromatic nitrogens is 2. The Morgan fingerprint density at radius 2 is 2.06 bits per heavy atom. The molecule has 3 aromatic rings. The van der Waals surface area contributed by atoms with Crippen LogP contribution >= 0.6 is 15.9 Å². The second-order valence-electron chi connectivity index (χ2n) is 7.67. The summed E-state index contributed by atoms with van der Waals surface area (Å²) in [5.74, 6) is -0.115. The Hall–Kier alpha value is -2.78. The van der Waals surface area contributed by atoms with E-state index in [2.05, 4.69) is 26.3 Å². The second kappa shape index (κ2) is 9.79. The second-order valence-corrected chi connectivity index (χ2v) is 8.53. The van der Waals surface area contributed by atoms with E-state index >= 15 is 0 Å². The van der Waals surface area contributed by atoms with Crippen LogP contribution in [0.25, 0.3) is 11.3 Å². The van der Waals surface area contributed by atoms with Crippen LogP contribution in [0.1, 0.15) is 16.8 Å². The van der Waals surface area contributed by atoms with Gasteiger partial charge in [0.1, 0.15) is 24.3 Å². The number of alkyl halides is 1. The number of anilines is 1. The molecule has 1 aliphatic heterocycles. The Labute approximate surface area is 193 Å². The summed E-state index contributed by atoms with van der Waals surface area (Å²) in [7, 11) is 1.82. The van der Waals surface area contributed by atoms with E-state index in [1.54, 1.807) is 23.0 Å². The number of carbonyl (C=O) groups is 1. The number of halogens is 3. The first-order valence-electron chi connectivity index (χ1n) is 10.3. The average molecular weight is 505 g/mol. The van der Waals surface area contributed by atoms with Gasteiger partial charge in [-0.1, -0.05) is 0 Å². The number of aryl methyl sites for hydroxylation is 1. The Balaban J connectivity index is 1.55. The van der Waals surface area contributed by atoms with Gasteiger partial charge < -0.3 is 10.1 Å². The summed E-state index contributed by atoms with van der Waals surface area (Å²) in [6.07, 6.45) is 1.49. The lowest BCUT2D eigenvalue weighted by Gasteiger charge is -2.18. The molecule has 1 fully saturated rings. The normalized spacial score (nSPS) is 16.3. The standard InChI is InChI=1S/C23H23BrF2N4O2/c1-29-22(20(24)13-27-29)19-12-18(28-23(31)15-2-4-16(25)5-3-15)6-7-21(19)32-11-10-30-9-8-17(26)14-30/h2-7,12-13,17H,8-11,14H2,1H3,(H,28,31)/t17-/m0/s1. The van der Waals surface area contributed by atoms with Crippen LogP contribution < -0.4 is 10.1 Å². The fourth-order valence-corrected chi connectivity index (χ4v) is 4.27. The van der Waals surface area contributed by atoms with Crippen molar-refractivity contribution in [3.05, 3.63) is 64.5 Å². The van der Waals surface area contributed by atoms with E-state index in [1.807, 2.05) is 18.0 Å². The maximum atomic E-state index is 13.4. The molecule has 168 valence electrons. The van der Waals surface area contributed by atoms with Crippen molar-refractivity contribution in [2.24, 2.45) is 7.05 Å². The molecule has 0 saturated carbocycles. The predicted octanol–water partition coefficient (Wildman–Crippen LogP) is 4.66. The first kappa shape index (κ1) is 22.4. The minimum absolute atomic E-state index is 0.344. The van der Waals surface area contributed by atoms with Crippen molar-refractivity contribution >= 4 is 27.5 Å². The molecule has 0 radical (unpaired) electrons. The molecule has 2 heterocycles. The predicted molar refractivity (Wildman–Crippen MR) is 122 cm³/mol. The molecule has 6 nitrogen and oxygen atoms in total. The Bertz CT molecular complexity index is 1080. The zero-order chi connectivity index (χ0) is 22.7. The number of carbonyl (C=O) groups excluding carboxylic acids is 1. The van der Waals surface area contributed by atoms with Gasteiger partial charge in [0.2, 0.25) is 0 Å². The van der Waals surface area contributed by atoms with E-state index < -0.39 is 12.0 Å². The number of nitrogens with one attached hydrogen (secondary N) is 1. The molecule has 1 aliphatic rings. The molecule has 0 spiro atoms. The summed E-state index contributed by atoms with van der Waals surface area (Å²) >= 11 is 3.52. The van der Waals surface area contributed by atoms with E-state index in [4.69, 9.17) is 4.74 Å². The topological polar surface area (TPSA) is 59.4 Å². The Morgan fingerprint density at radius 1 is 1.28 bits per heavy atom. The molecular weight excluding hydrogens is 482 g/mol. The number of likely N-dealkylation sites (tertiary alicyclic amines) is 1. The van der Waals surface area contributed by atoms with E-state index in [0.29, 0.717) is 43.1 Å². The number of ether oxygens (including phenoxy) is 1. The highest BCUT2D eigenvalue weighted by Crippen LogP contribution is 2.37. The lowest BCUT2D eigenvalue weighted by molar-refractivity contribution is 0.102. The van der Waals surface area contributed by atoms with Crippen LogP contribution in [-0.2, 0) is 7.05 Å². The highest BCUT2D eigenvalue weighted by atomic mass is 79.9. The summed E-state index contributed by atoms with van der Waals surface area (Å²) in [4.78, 5) is 14.6. The van der Waals surface area contributed by atoms with Crippen molar-refractivity contribution in [1.82, 2.24) is 14.7 Å². The zero-order valence-corrected chi connectivity index (χ0v) is 19.1. The van der Waals surface area contributed by atoms with Crippen LogP contribution in [0.4, 0.5) is 14.5 Å². The lowest BCUT2D eigenvalue weighted by atomic mass is 10.1. The fraction of sp³-hybridized carbons (Fsp3) is 0.304. The van der Waals surface area contributed by atoms with Crippen LogP contribution in [0, 0.1) is 5.82 Å². The fourth-order valence-electron chi connectivity index (χ4n) is 3.71. The number of nitrogens with zero attached hydrogens (tertiary/aromatic N) is 3. The molecule has 9 heteroatoms. The van der Waals surface area contributed by atoms with Gasteiger partial charge in [0.25, 0.3) is 5.91 Å². The molecule has 1 atom stereocenters. The van der Waals surface area contributed by atoms with Crippen LogP contribution in [0.2, 0.25) is 0 Å². The van der Waals surface area contributed by atoms with E-state index in [9.17, 15) is 13.6 Å². The Kier molecular flexibility index (Phi) is 6.86. The minimum atomic E-state index is -0.764. The van der Waals surface area contributed by atoms with Crippen molar-refractivity contribution in [1.29, 1.82) is 0 Å². The first-order valence-corrected chi connectivity index (χ1v) is 11.1. The van der Waals surface area contributed by atoms with Gasteiger partial charge in [-0.05, 0) is 64.8 Å². The largest absolute Gasteiger partial charge is 0.492 e. The minimum Gasteiger partial charge on any atom is -0.492 e. The molecule has 32 heavy (non-hydrogen) atoms. The van der Waals surface area contributed by atoms with Gasteiger partial charge in [0, 0.05) is 43.5 Å². The van der Waals surface area contributed by atoms with Crippen molar-refractivity contribution in [3.8, 4) is 17.0 Å². The Morgan fingerprint density at radius 3 is 2.72 bits per heavy atom. The van der Waals surface area contributed by atoms with Crippen molar-refractivity contribution in [2.75, 3.05) is 31.6 Å². The SMILES string of the molecule is Cn1ncc(Br)c1-c1cc(NC(=O)c2ccc(F)cc2)ccc1OCCN1CC[C@H](F)C1. The number of amides is 1. The molecule has 1 N–H and O–H groups in total. The summed E-state index contributed by atoms with van der Waals surface area (Å²) in [5.41, 5.74) is 2.46. The van der Waals surface area contributed by atoms with Crippen molar-refractivity contribution in [3.63, 3.8) is 0 Å². The summed E-state index contributed by atoms with van der Waals surface area (Å²) in [6.45, 7) is 2.23. The van der Waals surface area contributed by atoms with Crippen molar-refractivity contribution < 1.29 is 18.3 Å². The molecule has 0 unspecified atom stereocenters. The van der Waals surface area contributed by atoms with Gasteiger partial charge in [-0.15, -0.1) is 0 Å². The third-order valence-corrected chi connectivity index (χ3v) is 5.95. The number of benzene rings is 2. The van der Waals surface area contributed by atoms with Gasteiger partial charge in [-0.3, -0.25) is 14.4 Å². The maximum Gasteiger partial charge on any atom is 0.255 e. The van der Waals surface area contributed by atoms with E-state index in [1.165, 1.54) is 24.3 Å². The van der Waals surface area contributed by atoms with Crippen LogP contribution in [0.15, 0.2) is 53.1 Å². The third kappa shape index (κ3) is 5.16. The van der Waals surface area contributed by atoms with E-state index in [-0.39, 0.29) is 5.91 Å². The molecule has 4 rings (SSSR count). The molecule has 1 amide bonds. The molecule has 2 aromatic carbocycles. The third-order valence-electron chi connectivity index (χ3n) is 5.37. The van der Waals surface area contributed by atoms with E-state index in [0.717, 1.165) is 22.3 Å². The molecule has 1 aromatic heterocycles.